The second-order valence-corrected chi connectivity index (χ2v) is 4.14. The van der Waals surface area contributed by atoms with Gasteiger partial charge in [0.25, 0.3) is 0 Å². The van der Waals surface area contributed by atoms with E-state index in [0.29, 0.717) is 17.5 Å². The first kappa shape index (κ1) is 12.7. The summed E-state index contributed by atoms with van der Waals surface area (Å²) in [5.41, 5.74) is 2.41. The molecule has 0 aliphatic rings. The van der Waals surface area contributed by atoms with Gasteiger partial charge in [-0.25, -0.2) is 4.39 Å². The van der Waals surface area contributed by atoms with Gasteiger partial charge < -0.3 is 5.11 Å². The summed E-state index contributed by atoms with van der Waals surface area (Å²) in [6.07, 6.45) is 2.52. The maximum Gasteiger partial charge on any atom is 0.303 e. The van der Waals surface area contributed by atoms with Crippen LogP contribution in [0.15, 0.2) is 12.1 Å². The van der Waals surface area contributed by atoms with Gasteiger partial charge in [-0.1, -0.05) is 12.1 Å². The van der Waals surface area contributed by atoms with E-state index in [4.69, 9.17) is 5.11 Å². The average molecular weight is 224 g/mol. The maximum atomic E-state index is 13.3. The van der Waals surface area contributed by atoms with E-state index in [1.807, 2.05) is 12.1 Å². The number of hydrogen-bond donors (Lipinski definition) is 1. The number of carboxylic acids is 1. The van der Waals surface area contributed by atoms with E-state index in [1.165, 1.54) is 0 Å². The number of benzene rings is 1. The lowest BCUT2D eigenvalue weighted by atomic mass is 10.0. The summed E-state index contributed by atoms with van der Waals surface area (Å²) in [7, 11) is 0. The fraction of sp³-hybridized carbons (Fsp3) is 0.462. The molecule has 0 aliphatic carbocycles. The lowest BCUT2D eigenvalue weighted by Gasteiger charge is -2.06. The molecule has 0 bridgehead atoms. The molecule has 0 aromatic heterocycles. The first-order valence-corrected chi connectivity index (χ1v) is 5.48. The fourth-order valence-electron chi connectivity index (χ4n) is 1.79. The smallest absolute Gasteiger partial charge is 0.303 e. The minimum Gasteiger partial charge on any atom is -0.481 e. The Morgan fingerprint density at radius 3 is 2.31 bits per heavy atom. The Bertz CT molecular complexity index is 363. The van der Waals surface area contributed by atoms with E-state index < -0.39 is 5.97 Å². The molecule has 0 radical (unpaired) electrons. The van der Waals surface area contributed by atoms with Crippen LogP contribution in [-0.4, -0.2) is 11.1 Å². The molecule has 0 atom stereocenters. The maximum absolute atomic E-state index is 13.3. The highest BCUT2D eigenvalue weighted by Crippen LogP contribution is 2.16. The van der Waals surface area contributed by atoms with Gasteiger partial charge in [0.1, 0.15) is 5.82 Å². The van der Waals surface area contributed by atoms with Gasteiger partial charge >= 0.3 is 5.97 Å². The van der Waals surface area contributed by atoms with Gasteiger partial charge in [0.2, 0.25) is 0 Å². The van der Waals surface area contributed by atoms with Gasteiger partial charge in [0, 0.05) is 6.42 Å². The Labute approximate surface area is 95.1 Å². The van der Waals surface area contributed by atoms with Crippen LogP contribution in [0.5, 0.6) is 0 Å². The molecule has 1 aromatic carbocycles. The Balaban J connectivity index is 2.52. The summed E-state index contributed by atoms with van der Waals surface area (Å²) in [4.78, 5) is 10.3. The van der Waals surface area contributed by atoms with Crippen LogP contribution >= 0.6 is 0 Å². The number of unbranched alkanes of at least 4 members (excludes halogenated alkanes) is 1. The third kappa shape index (κ3) is 3.65. The Morgan fingerprint density at radius 1 is 1.25 bits per heavy atom. The molecule has 0 saturated heterocycles. The first-order chi connectivity index (χ1) is 7.50. The molecule has 0 fully saturated rings. The Morgan fingerprint density at radius 2 is 1.81 bits per heavy atom. The van der Waals surface area contributed by atoms with Crippen molar-refractivity contribution in [2.45, 2.75) is 39.5 Å². The summed E-state index contributed by atoms with van der Waals surface area (Å²) >= 11 is 0. The molecule has 2 nitrogen and oxygen atoms in total. The van der Waals surface area contributed by atoms with Gasteiger partial charge in [0.05, 0.1) is 0 Å². The van der Waals surface area contributed by atoms with Crippen molar-refractivity contribution >= 4 is 5.97 Å². The van der Waals surface area contributed by atoms with Crippen molar-refractivity contribution in [1.82, 2.24) is 0 Å². The highest BCUT2D eigenvalue weighted by atomic mass is 19.1. The van der Waals surface area contributed by atoms with Crippen LogP contribution in [0.25, 0.3) is 0 Å². The minimum absolute atomic E-state index is 0.144. The van der Waals surface area contributed by atoms with Crippen LogP contribution in [-0.2, 0) is 11.2 Å². The van der Waals surface area contributed by atoms with E-state index >= 15 is 0 Å². The van der Waals surface area contributed by atoms with E-state index in [2.05, 4.69) is 0 Å². The van der Waals surface area contributed by atoms with E-state index in [9.17, 15) is 9.18 Å². The number of carboxylic acid groups (broad SMARTS) is 1. The molecular formula is C13H17FO2. The van der Waals surface area contributed by atoms with Gasteiger partial charge in [-0.2, -0.15) is 0 Å². The van der Waals surface area contributed by atoms with Gasteiger partial charge in [-0.05, 0) is 49.8 Å². The highest BCUT2D eigenvalue weighted by molar-refractivity contribution is 5.66. The molecule has 3 heteroatoms. The quantitative estimate of drug-likeness (QED) is 0.779. The van der Waals surface area contributed by atoms with E-state index in [0.717, 1.165) is 18.4 Å². The van der Waals surface area contributed by atoms with Crippen molar-refractivity contribution in [3.63, 3.8) is 0 Å². The van der Waals surface area contributed by atoms with Crippen molar-refractivity contribution in [2.75, 3.05) is 0 Å². The SMILES string of the molecule is Cc1cc(CCCCC(=O)O)cc(C)c1F. The third-order valence-electron chi connectivity index (χ3n) is 2.60. The largest absolute Gasteiger partial charge is 0.481 e. The molecule has 0 spiro atoms. The molecule has 88 valence electrons. The van der Waals surface area contributed by atoms with Crippen LogP contribution in [0.3, 0.4) is 0 Å². The number of halogens is 1. The predicted molar refractivity (Wildman–Crippen MR) is 61.1 cm³/mol. The van der Waals surface area contributed by atoms with E-state index in [-0.39, 0.29) is 12.2 Å². The zero-order chi connectivity index (χ0) is 12.1. The Hall–Kier alpha value is -1.38. The number of rotatable bonds is 5. The van der Waals surface area contributed by atoms with Gasteiger partial charge in [-0.15, -0.1) is 0 Å². The zero-order valence-corrected chi connectivity index (χ0v) is 9.72. The standard InChI is InChI=1S/C13H17FO2/c1-9-7-11(8-10(2)13(9)14)5-3-4-6-12(15)16/h7-8H,3-6H2,1-2H3,(H,15,16). The molecule has 0 amide bonds. The normalized spacial score (nSPS) is 10.4. The number of hydrogen-bond acceptors (Lipinski definition) is 1. The lowest BCUT2D eigenvalue weighted by molar-refractivity contribution is -0.137. The zero-order valence-electron chi connectivity index (χ0n) is 9.72. The summed E-state index contributed by atoms with van der Waals surface area (Å²) < 4.78 is 13.3. The van der Waals surface area contributed by atoms with Crippen LogP contribution in [0.1, 0.15) is 36.0 Å². The lowest BCUT2D eigenvalue weighted by Crippen LogP contribution is -1.96. The van der Waals surface area contributed by atoms with Crippen molar-refractivity contribution in [3.8, 4) is 0 Å². The highest BCUT2D eigenvalue weighted by Gasteiger charge is 2.04. The monoisotopic (exact) mass is 224 g/mol. The molecule has 0 unspecified atom stereocenters. The summed E-state index contributed by atoms with van der Waals surface area (Å²) in [6, 6.07) is 3.67. The Kier molecular flexibility index (Phi) is 4.47. The number of aryl methyl sites for hydroxylation is 3. The molecule has 0 saturated carbocycles. The minimum atomic E-state index is -0.758. The fourth-order valence-corrected chi connectivity index (χ4v) is 1.79. The van der Waals surface area contributed by atoms with Gasteiger partial charge in [0.15, 0.2) is 0 Å². The van der Waals surface area contributed by atoms with Crippen molar-refractivity contribution < 1.29 is 14.3 Å². The van der Waals surface area contributed by atoms with Crippen molar-refractivity contribution in [1.29, 1.82) is 0 Å². The van der Waals surface area contributed by atoms with Gasteiger partial charge in [-0.3, -0.25) is 4.79 Å². The number of aliphatic carboxylic acids is 1. The summed E-state index contributed by atoms with van der Waals surface area (Å²) in [6.45, 7) is 3.51. The number of carbonyl (C=O) groups is 1. The molecule has 0 heterocycles. The van der Waals surface area contributed by atoms with Crippen LogP contribution in [0.2, 0.25) is 0 Å². The second kappa shape index (κ2) is 5.64. The van der Waals surface area contributed by atoms with Crippen molar-refractivity contribution in [3.05, 3.63) is 34.6 Å². The van der Waals surface area contributed by atoms with E-state index in [1.54, 1.807) is 13.8 Å². The first-order valence-electron chi connectivity index (χ1n) is 5.48. The second-order valence-electron chi connectivity index (χ2n) is 4.14. The molecular weight excluding hydrogens is 207 g/mol. The topological polar surface area (TPSA) is 37.3 Å². The predicted octanol–water partition coefficient (Wildman–Crippen LogP) is 3.24. The third-order valence-corrected chi connectivity index (χ3v) is 2.60. The molecule has 0 aliphatic heterocycles. The molecule has 1 N–H and O–H groups in total. The summed E-state index contributed by atoms with van der Waals surface area (Å²) in [5.74, 6) is -0.902. The van der Waals surface area contributed by atoms with Crippen LogP contribution in [0.4, 0.5) is 4.39 Å². The summed E-state index contributed by atoms with van der Waals surface area (Å²) in [5, 5.41) is 8.49. The average Bonchev–Trinajstić information content (AvgIpc) is 2.20. The molecule has 1 aromatic rings. The molecule has 16 heavy (non-hydrogen) atoms. The van der Waals surface area contributed by atoms with Crippen molar-refractivity contribution in [2.24, 2.45) is 0 Å². The van der Waals surface area contributed by atoms with Crippen LogP contribution in [0, 0.1) is 19.7 Å². The molecule has 1 rings (SSSR count). The van der Waals surface area contributed by atoms with Crippen LogP contribution < -0.4 is 0 Å².